The first-order valence-corrected chi connectivity index (χ1v) is 6.64. The Bertz CT molecular complexity index is 768. The summed E-state index contributed by atoms with van der Waals surface area (Å²) in [6.45, 7) is 0. The number of alkyl halides is 3. The van der Waals surface area contributed by atoms with E-state index in [0.717, 1.165) is 25.4 Å². The molecule has 0 unspecified atom stereocenters. The van der Waals surface area contributed by atoms with Crippen molar-refractivity contribution in [3.8, 4) is 5.75 Å². The number of esters is 1. The molecule has 0 amide bonds. The lowest BCUT2D eigenvalue weighted by Gasteiger charge is -2.16. The van der Waals surface area contributed by atoms with Crippen molar-refractivity contribution in [2.45, 2.75) is 6.36 Å². The number of pyridine rings is 1. The number of carbonyl (C=O) groups excluding carboxylic acids is 1. The maximum Gasteiger partial charge on any atom is 0.573 e. The number of carbonyl (C=O) groups is 1. The molecule has 1 aromatic heterocycles. The van der Waals surface area contributed by atoms with Gasteiger partial charge in [-0.3, -0.25) is 4.98 Å². The fourth-order valence-electron chi connectivity index (χ4n) is 1.78. The van der Waals surface area contributed by atoms with Gasteiger partial charge in [0.2, 0.25) is 0 Å². The minimum Gasteiger partial charge on any atom is -0.465 e. The highest BCUT2D eigenvalue weighted by atomic mass is 35.5. The largest absolute Gasteiger partial charge is 0.573 e. The molecule has 0 bridgehead atoms. The number of hydrogen-bond acceptors (Lipinski definition) is 5. The van der Waals surface area contributed by atoms with Crippen LogP contribution in [-0.4, -0.2) is 24.4 Å². The van der Waals surface area contributed by atoms with Crippen LogP contribution in [0.5, 0.6) is 5.75 Å². The number of aromatic nitrogens is 1. The van der Waals surface area contributed by atoms with Crippen LogP contribution in [0.15, 0.2) is 30.6 Å². The van der Waals surface area contributed by atoms with E-state index in [-0.39, 0.29) is 11.4 Å². The monoisotopic (exact) mass is 364 g/mol. The third kappa shape index (κ3) is 4.05. The Morgan fingerprint density at radius 3 is 2.54 bits per heavy atom. The SMILES string of the molecule is COC(=O)c1c(OC(F)(F)F)ccc(Nc2ccncc2F)c1Cl. The van der Waals surface area contributed by atoms with E-state index in [4.69, 9.17) is 11.6 Å². The highest BCUT2D eigenvalue weighted by Gasteiger charge is 2.34. The first kappa shape index (κ1) is 17.8. The van der Waals surface area contributed by atoms with Gasteiger partial charge in [-0.05, 0) is 18.2 Å². The van der Waals surface area contributed by atoms with Gasteiger partial charge in [0.25, 0.3) is 0 Å². The Morgan fingerprint density at radius 1 is 1.25 bits per heavy atom. The first-order valence-electron chi connectivity index (χ1n) is 6.26. The summed E-state index contributed by atoms with van der Waals surface area (Å²) in [5.74, 6) is -2.69. The summed E-state index contributed by atoms with van der Waals surface area (Å²) in [5.41, 5.74) is -0.695. The van der Waals surface area contributed by atoms with Crippen LogP contribution >= 0.6 is 11.6 Å². The van der Waals surface area contributed by atoms with E-state index in [1.165, 1.54) is 12.3 Å². The average molecular weight is 365 g/mol. The van der Waals surface area contributed by atoms with Crippen LogP contribution in [0.3, 0.4) is 0 Å². The molecule has 0 radical (unpaired) electrons. The van der Waals surface area contributed by atoms with Crippen LogP contribution < -0.4 is 10.1 Å². The molecule has 2 aromatic rings. The second kappa shape index (κ2) is 6.91. The molecule has 2 rings (SSSR count). The smallest absolute Gasteiger partial charge is 0.465 e. The second-order valence-electron chi connectivity index (χ2n) is 4.32. The van der Waals surface area contributed by atoms with E-state index in [1.54, 1.807) is 0 Å². The van der Waals surface area contributed by atoms with Crippen molar-refractivity contribution in [3.05, 3.63) is 47.0 Å². The zero-order valence-corrected chi connectivity index (χ0v) is 12.7. The van der Waals surface area contributed by atoms with Crippen LogP contribution in [0.2, 0.25) is 5.02 Å². The van der Waals surface area contributed by atoms with Crippen LogP contribution in [0.1, 0.15) is 10.4 Å². The quantitative estimate of drug-likeness (QED) is 0.647. The van der Waals surface area contributed by atoms with Crippen molar-refractivity contribution in [2.75, 3.05) is 12.4 Å². The van der Waals surface area contributed by atoms with Crippen molar-refractivity contribution in [3.63, 3.8) is 0 Å². The van der Waals surface area contributed by atoms with Crippen molar-refractivity contribution in [1.82, 2.24) is 4.98 Å². The van der Waals surface area contributed by atoms with E-state index >= 15 is 0 Å². The molecular weight excluding hydrogens is 356 g/mol. The number of anilines is 2. The highest BCUT2D eigenvalue weighted by molar-refractivity contribution is 6.36. The minimum atomic E-state index is -5.03. The fraction of sp³-hybridized carbons (Fsp3) is 0.143. The normalized spacial score (nSPS) is 11.1. The van der Waals surface area contributed by atoms with Crippen LogP contribution in [0.25, 0.3) is 0 Å². The zero-order chi connectivity index (χ0) is 17.9. The molecule has 10 heteroatoms. The molecule has 128 valence electrons. The van der Waals surface area contributed by atoms with Crippen molar-refractivity contribution >= 4 is 28.9 Å². The van der Waals surface area contributed by atoms with Gasteiger partial charge < -0.3 is 14.8 Å². The van der Waals surface area contributed by atoms with Crippen LogP contribution in [-0.2, 0) is 4.74 Å². The standard InChI is InChI=1S/C14H9ClF4N2O3/c1-23-13(22)11-10(24-14(17,18)19)3-2-9(12(11)15)21-8-4-5-20-6-7(8)16/h2-6H,1H3,(H,20,21). The van der Waals surface area contributed by atoms with Crippen LogP contribution in [0.4, 0.5) is 28.9 Å². The molecule has 5 nitrogen and oxygen atoms in total. The van der Waals surface area contributed by atoms with Gasteiger partial charge in [0.05, 0.1) is 29.7 Å². The van der Waals surface area contributed by atoms with Gasteiger partial charge in [-0.1, -0.05) is 11.6 Å². The Kier molecular flexibility index (Phi) is 5.13. The number of halogens is 5. The molecule has 24 heavy (non-hydrogen) atoms. The van der Waals surface area contributed by atoms with Gasteiger partial charge in [-0.2, -0.15) is 0 Å². The van der Waals surface area contributed by atoms with Crippen molar-refractivity contribution in [2.24, 2.45) is 0 Å². The Labute approximate surface area is 138 Å². The molecule has 1 N–H and O–H groups in total. The molecule has 0 aliphatic rings. The minimum absolute atomic E-state index is 0.0170. The van der Waals surface area contributed by atoms with E-state index in [2.05, 4.69) is 19.8 Å². The maximum atomic E-state index is 13.6. The number of methoxy groups -OCH3 is 1. The first-order chi connectivity index (χ1) is 11.2. The van der Waals surface area contributed by atoms with Gasteiger partial charge >= 0.3 is 12.3 Å². The summed E-state index contributed by atoms with van der Waals surface area (Å²) in [7, 11) is 0.971. The summed E-state index contributed by atoms with van der Waals surface area (Å²) in [6.07, 6.45) is -2.81. The molecule has 0 aliphatic carbocycles. The molecule has 0 atom stereocenters. The number of hydrogen-bond donors (Lipinski definition) is 1. The lowest BCUT2D eigenvalue weighted by molar-refractivity contribution is -0.274. The van der Waals surface area contributed by atoms with E-state index in [1.807, 2.05) is 0 Å². The van der Waals surface area contributed by atoms with Crippen molar-refractivity contribution in [1.29, 1.82) is 0 Å². The van der Waals surface area contributed by atoms with Gasteiger partial charge in [0, 0.05) is 6.20 Å². The van der Waals surface area contributed by atoms with Gasteiger partial charge in [-0.25, -0.2) is 9.18 Å². The zero-order valence-electron chi connectivity index (χ0n) is 11.9. The number of nitrogens with one attached hydrogen (secondary N) is 1. The summed E-state index contributed by atoms with van der Waals surface area (Å²) in [6, 6.07) is 3.26. The average Bonchev–Trinajstić information content (AvgIpc) is 2.50. The lowest BCUT2D eigenvalue weighted by atomic mass is 10.1. The molecule has 0 saturated carbocycles. The summed E-state index contributed by atoms with van der Waals surface area (Å²) in [5, 5.41) is 2.14. The third-order valence-corrected chi connectivity index (χ3v) is 3.15. The molecule has 1 aromatic carbocycles. The summed E-state index contributed by atoms with van der Waals surface area (Å²) < 4.78 is 59.1. The Morgan fingerprint density at radius 2 is 1.96 bits per heavy atom. The molecule has 0 saturated heterocycles. The van der Waals surface area contributed by atoms with Crippen LogP contribution in [0, 0.1) is 5.82 Å². The van der Waals surface area contributed by atoms with Gasteiger partial charge in [0.1, 0.15) is 11.3 Å². The molecular formula is C14H9ClF4N2O3. The highest BCUT2D eigenvalue weighted by Crippen LogP contribution is 2.37. The molecule has 0 fully saturated rings. The molecule has 0 spiro atoms. The fourth-order valence-corrected chi connectivity index (χ4v) is 2.06. The maximum absolute atomic E-state index is 13.6. The second-order valence-corrected chi connectivity index (χ2v) is 4.70. The van der Waals surface area contributed by atoms with Gasteiger partial charge in [0.15, 0.2) is 5.82 Å². The van der Waals surface area contributed by atoms with E-state index in [9.17, 15) is 22.4 Å². The van der Waals surface area contributed by atoms with Crippen molar-refractivity contribution < 1.29 is 31.8 Å². The van der Waals surface area contributed by atoms with E-state index in [0.29, 0.717) is 0 Å². The Hall–Kier alpha value is -2.55. The lowest BCUT2D eigenvalue weighted by Crippen LogP contribution is -2.19. The Balaban J connectivity index is 2.48. The third-order valence-electron chi connectivity index (χ3n) is 2.76. The van der Waals surface area contributed by atoms with E-state index < -0.39 is 34.5 Å². The van der Waals surface area contributed by atoms with Gasteiger partial charge in [-0.15, -0.1) is 13.2 Å². The predicted octanol–water partition coefficient (Wildman–Crippen LogP) is 4.30. The number of rotatable bonds is 4. The topological polar surface area (TPSA) is 60.5 Å². The summed E-state index contributed by atoms with van der Waals surface area (Å²) >= 11 is 5.97. The number of benzene rings is 1. The number of nitrogens with zero attached hydrogens (tertiary/aromatic N) is 1. The predicted molar refractivity (Wildman–Crippen MR) is 77.0 cm³/mol. The molecule has 0 aliphatic heterocycles. The number of ether oxygens (including phenoxy) is 2. The molecule has 1 heterocycles. The summed E-state index contributed by atoms with van der Waals surface area (Å²) in [4.78, 5) is 15.3.